The van der Waals surface area contributed by atoms with E-state index in [0.29, 0.717) is 0 Å². The summed E-state index contributed by atoms with van der Waals surface area (Å²) in [5.74, 6) is 0. The summed E-state index contributed by atoms with van der Waals surface area (Å²) in [7, 11) is 0. The van der Waals surface area contributed by atoms with E-state index in [1.54, 1.807) is 0 Å². The number of hydrogen-bond donors (Lipinski definition) is 0. The number of aryl methyl sites for hydroxylation is 2. The fourth-order valence-corrected chi connectivity index (χ4v) is 3.02. The van der Waals surface area contributed by atoms with Gasteiger partial charge in [-0.15, -0.1) is 5.10 Å². The topological polar surface area (TPSA) is 39.9 Å². The lowest BCUT2D eigenvalue weighted by Crippen LogP contribution is -2.16. The van der Waals surface area contributed by atoms with Gasteiger partial charge in [0, 0.05) is 5.56 Å². The van der Waals surface area contributed by atoms with Crippen LogP contribution in [0.1, 0.15) is 31.4 Å². The van der Waals surface area contributed by atoms with Crippen molar-refractivity contribution in [3.63, 3.8) is 0 Å². The highest BCUT2D eigenvalue weighted by Gasteiger charge is 2.32. The molecule has 0 bridgehead atoms. The molecule has 1 fully saturated rings. The van der Waals surface area contributed by atoms with E-state index in [2.05, 4.69) is 56.2 Å². The van der Waals surface area contributed by atoms with Crippen LogP contribution in [0.15, 0.2) is 24.4 Å². The maximum Gasteiger partial charge on any atom is 0.113 e. The molecule has 112 valence electrons. The van der Waals surface area contributed by atoms with Gasteiger partial charge in [0.2, 0.25) is 0 Å². The molecule has 0 amide bonds. The van der Waals surface area contributed by atoms with E-state index in [1.165, 1.54) is 11.1 Å². The second-order valence-electron chi connectivity index (χ2n) is 6.95. The number of rotatable bonds is 3. The largest absolute Gasteiger partial charge is 0.376 e. The van der Waals surface area contributed by atoms with Crippen LogP contribution in [-0.2, 0) is 11.3 Å². The van der Waals surface area contributed by atoms with E-state index in [0.717, 1.165) is 30.8 Å². The molecule has 3 rings (SSSR count). The summed E-state index contributed by atoms with van der Waals surface area (Å²) in [4.78, 5) is 0. The Morgan fingerprint density at radius 2 is 2.14 bits per heavy atom. The summed E-state index contributed by atoms with van der Waals surface area (Å²) in [5.41, 5.74) is 4.87. The number of nitrogens with zero attached hydrogens (tertiary/aromatic N) is 3. The minimum Gasteiger partial charge on any atom is -0.376 e. The molecule has 0 spiro atoms. The number of benzene rings is 1. The number of aromatic nitrogens is 3. The van der Waals surface area contributed by atoms with Gasteiger partial charge < -0.3 is 4.74 Å². The Morgan fingerprint density at radius 1 is 1.33 bits per heavy atom. The third-order valence-corrected chi connectivity index (χ3v) is 4.08. The molecule has 1 aliphatic heterocycles. The third-order valence-electron chi connectivity index (χ3n) is 4.08. The number of hydrogen-bond acceptors (Lipinski definition) is 3. The second-order valence-corrected chi connectivity index (χ2v) is 6.95. The first-order valence-electron chi connectivity index (χ1n) is 7.52. The number of ether oxygens (including phenoxy) is 1. The first-order valence-corrected chi connectivity index (χ1v) is 7.52. The van der Waals surface area contributed by atoms with Crippen molar-refractivity contribution in [1.82, 2.24) is 15.0 Å². The van der Waals surface area contributed by atoms with Crippen molar-refractivity contribution < 1.29 is 4.74 Å². The van der Waals surface area contributed by atoms with E-state index in [1.807, 2.05) is 10.9 Å². The molecule has 0 unspecified atom stereocenters. The molecule has 1 aromatic carbocycles. The zero-order valence-electron chi connectivity index (χ0n) is 13.3. The molecule has 0 radical (unpaired) electrons. The molecule has 1 saturated heterocycles. The molecule has 2 aromatic rings. The maximum atomic E-state index is 5.84. The zero-order chi connectivity index (χ0) is 15.0. The third kappa shape index (κ3) is 3.16. The summed E-state index contributed by atoms with van der Waals surface area (Å²) in [6.07, 6.45) is 3.34. The minimum atomic E-state index is 0.244. The average Bonchev–Trinajstić information content (AvgIpc) is 2.97. The lowest BCUT2D eigenvalue weighted by molar-refractivity contribution is 0.0848. The zero-order valence-corrected chi connectivity index (χ0v) is 13.3. The molecule has 0 aliphatic carbocycles. The Balaban J connectivity index is 1.75. The fourth-order valence-electron chi connectivity index (χ4n) is 3.02. The highest BCUT2D eigenvalue weighted by atomic mass is 16.5. The highest BCUT2D eigenvalue weighted by Crippen LogP contribution is 2.32. The minimum absolute atomic E-state index is 0.244. The Morgan fingerprint density at radius 3 is 2.81 bits per heavy atom. The molecule has 4 nitrogen and oxygen atoms in total. The fraction of sp³-hybridized carbons (Fsp3) is 0.529. The molecule has 1 aliphatic rings. The van der Waals surface area contributed by atoms with Crippen LogP contribution < -0.4 is 0 Å². The molecule has 21 heavy (non-hydrogen) atoms. The molecule has 1 aromatic heterocycles. The summed E-state index contributed by atoms with van der Waals surface area (Å²) in [6.45, 7) is 10.3. The Bertz CT molecular complexity index is 645. The predicted molar refractivity (Wildman–Crippen MR) is 83.1 cm³/mol. The van der Waals surface area contributed by atoms with Gasteiger partial charge in [-0.1, -0.05) is 42.8 Å². The quantitative estimate of drug-likeness (QED) is 0.868. The van der Waals surface area contributed by atoms with E-state index >= 15 is 0 Å². The van der Waals surface area contributed by atoms with Crippen LogP contribution in [0.3, 0.4) is 0 Å². The van der Waals surface area contributed by atoms with E-state index in [9.17, 15) is 0 Å². The smallest absolute Gasteiger partial charge is 0.113 e. The molecule has 0 saturated carbocycles. The van der Waals surface area contributed by atoms with E-state index < -0.39 is 0 Å². The average molecular weight is 285 g/mol. The van der Waals surface area contributed by atoms with Crippen LogP contribution in [-0.4, -0.2) is 27.7 Å². The Kier molecular flexibility index (Phi) is 3.57. The van der Waals surface area contributed by atoms with Crippen molar-refractivity contribution in [3.05, 3.63) is 35.5 Å². The first-order chi connectivity index (χ1) is 9.93. The molecular weight excluding hydrogens is 262 g/mol. The molecule has 4 heteroatoms. The van der Waals surface area contributed by atoms with Gasteiger partial charge in [-0.05, 0) is 31.2 Å². The second kappa shape index (κ2) is 5.26. The monoisotopic (exact) mass is 285 g/mol. The SMILES string of the molecule is Cc1ccc(-c2cn(C[C@@H]3CC(C)(C)CO3)nn2)c(C)c1. The molecule has 0 N–H and O–H groups in total. The van der Waals surface area contributed by atoms with Crippen molar-refractivity contribution in [2.24, 2.45) is 5.41 Å². The van der Waals surface area contributed by atoms with Gasteiger partial charge in [0.1, 0.15) is 5.69 Å². The van der Waals surface area contributed by atoms with Gasteiger partial charge in [0.15, 0.2) is 0 Å². The van der Waals surface area contributed by atoms with Crippen LogP contribution in [0.4, 0.5) is 0 Å². The lowest BCUT2D eigenvalue weighted by atomic mass is 9.91. The molecule has 2 heterocycles. The summed E-state index contributed by atoms with van der Waals surface area (Å²) >= 11 is 0. The van der Waals surface area contributed by atoms with Crippen LogP contribution in [0.5, 0.6) is 0 Å². The van der Waals surface area contributed by atoms with Crippen LogP contribution >= 0.6 is 0 Å². The van der Waals surface area contributed by atoms with E-state index in [-0.39, 0.29) is 11.5 Å². The van der Waals surface area contributed by atoms with Gasteiger partial charge in [0.05, 0.1) is 25.5 Å². The van der Waals surface area contributed by atoms with Crippen molar-refractivity contribution in [1.29, 1.82) is 0 Å². The van der Waals surface area contributed by atoms with Gasteiger partial charge in [-0.25, -0.2) is 4.68 Å². The molecular formula is C17H23N3O. The first kappa shape index (κ1) is 14.3. The lowest BCUT2D eigenvalue weighted by Gasteiger charge is -2.13. The van der Waals surface area contributed by atoms with Gasteiger partial charge in [-0.2, -0.15) is 0 Å². The summed E-state index contributed by atoms with van der Waals surface area (Å²) in [6, 6.07) is 6.41. The van der Waals surface area contributed by atoms with Gasteiger partial charge in [0.25, 0.3) is 0 Å². The maximum absolute atomic E-state index is 5.84. The summed E-state index contributed by atoms with van der Waals surface area (Å²) in [5, 5.41) is 8.57. The van der Waals surface area contributed by atoms with Crippen LogP contribution in [0.25, 0.3) is 11.3 Å². The Labute approximate surface area is 126 Å². The van der Waals surface area contributed by atoms with Crippen molar-refractivity contribution in [2.75, 3.05) is 6.61 Å². The van der Waals surface area contributed by atoms with Crippen molar-refractivity contribution in [2.45, 2.75) is 46.8 Å². The van der Waals surface area contributed by atoms with Gasteiger partial charge in [-0.3, -0.25) is 0 Å². The van der Waals surface area contributed by atoms with Crippen molar-refractivity contribution >= 4 is 0 Å². The predicted octanol–water partition coefficient (Wildman–Crippen LogP) is 3.38. The standard InChI is InChI=1S/C17H23N3O/c1-12-5-6-15(13(2)7-12)16-10-20(19-18-16)9-14-8-17(3,4)11-21-14/h5-7,10,14H,8-9,11H2,1-4H3/t14-/m0/s1. The Hall–Kier alpha value is -1.68. The van der Waals surface area contributed by atoms with Gasteiger partial charge >= 0.3 is 0 Å². The van der Waals surface area contributed by atoms with Crippen LogP contribution in [0.2, 0.25) is 0 Å². The summed E-state index contributed by atoms with van der Waals surface area (Å²) < 4.78 is 7.74. The van der Waals surface area contributed by atoms with Crippen molar-refractivity contribution in [3.8, 4) is 11.3 Å². The highest BCUT2D eigenvalue weighted by molar-refractivity contribution is 5.62. The molecule has 1 atom stereocenters. The normalized spacial score (nSPS) is 20.9. The van der Waals surface area contributed by atoms with Crippen LogP contribution in [0, 0.1) is 19.3 Å². The van der Waals surface area contributed by atoms with E-state index in [4.69, 9.17) is 4.74 Å².